The molecule has 1 unspecified atom stereocenters. The van der Waals surface area contributed by atoms with Crippen LogP contribution in [0, 0.1) is 19.8 Å². The maximum atomic E-state index is 5.81. The summed E-state index contributed by atoms with van der Waals surface area (Å²) in [4.78, 5) is 2.56. The van der Waals surface area contributed by atoms with Crippen molar-refractivity contribution in [2.24, 2.45) is 5.92 Å². The van der Waals surface area contributed by atoms with Crippen molar-refractivity contribution in [3.63, 3.8) is 0 Å². The van der Waals surface area contributed by atoms with Crippen LogP contribution in [0.15, 0.2) is 18.2 Å². The molecule has 17 heavy (non-hydrogen) atoms. The van der Waals surface area contributed by atoms with E-state index < -0.39 is 0 Å². The first-order valence-electron chi connectivity index (χ1n) is 6.53. The SMILES string of the molecule is Cc1ccc(CN2CCC(CCCl)C2)cc1C. The van der Waals surface area contributed by atoms with Crippen LogP contribution in [0.4, 0.5) is 0 Å². The topological polar surface area (TPSA) is 3.24 Å². The normalized spacial score (nSPS) is 21.0. The zero-order chi connectivity index (χ0) is 12.3. The van der Waals surface area contributed by atoms with E-state index in [0.717, 1.165) is 18.3 Å². The number of halogens is 1. The third-order valence-corrected chi connectivity index (χ3v) is 4.08. The molecule has 0 spiro atoms. The van der Waals surface area contributed by atoms with Crippen molar-refractivity contribution in [2.75, 3.05) is 19.0 Å². The van der Waals surface area contributed by atoms with Gasteiger partial charge in [-0.3, -0.25) is 4.90 Å². The van der Waals surface area contributed by atoms with Gasteiger partial charge in [-0.25, -0.2) is 0 Å². The number of nitrogens with zero attached hydrogens (tertiary/aromatic N) is 1. The molecule has 0 aromatic heterocycles. The first kappa shape index (κ1) is 12.9. The Morgan fingerprint density at radius 2 is 2.12 bits per heavy atom. The van der Waals surface area contributed by atoms with Crippen molar-refractivity contribution in [1.82, 2.24) is 4.90 Å². The molecule has 1 aromatic carbocycles. The molecule has 94 valence electrons. The van der Waals surface area contributed by atoms with Crippen LogP contribution in [0.3, 0.4) is 0 Å². The molecule has 1 aromatic rings. The molecule has 1 aliphatic heterocycles. The quantitative estimate of drug-likeness (QED) is 0.737. The van der Waals surface area contributed by atoms with Crippen LogP contribution in [-0.4, -0.2) is 23.9 Å². The molecular formula is C15H22ClN. The maximum Gasteiger partial charge on any atom is 0.0233 e. The van der Waals surface area contributed by atoms with Gasteiger partial charge in [0.05, 0.1) is 0 Å². The lowest BCUT2D eigenvalue weighted by Gasteiger charge is -2.16. The summed E-state index contributed by atoms with van der Waals surface area (Å²) >= 11 is 5.81. The van der Waals surface area contributed by atoms with E-state index in [0.29, 0.717) is 0 Å². The van der Waals surface area contributed by atoms with Gasteiger partial charge < -0.3 is 0 Å². The highest BCUT2D eigenvalue weighted by Gasteiger charge is 2.21. The summed E-state index contributed by atoms with van der Waals surface area (Å²) in [6, 6.07) is 6.82. The summed E-state index contributed by atoms with van der Waals surface area (Å²) < 4.78 is 0. The predicted octanol–water partition coefficient (Wildman–Crippen LogP) is 3.75. The van der Waals surface area contributed by atoms with Gasteiger partial charge in [0.1, 0.15) is 0 Å². The van der Waals surface area contributed by atoms with Crippen LogP contribution in [0.25, 0.3) is 0 Å². The smallest absolute Gasteiger partial charge is 0.0233 e. The summed E-state index contributed by atoms with van der Waals surface area (Å²) in [7, 11) is 0. The molecule has 1 saturated heterocycles. The van der Waals surface area contributed by atoms with E-state index in [1.54, 1.807) is 0 Å². The van der Waals surface area contributed by atoms with Gasteiger partial charge in [0.15, 0.2) is 0 Å². The molecule has 1 atom stereocenters. The number of benzene rings is 1. The molecule has 0 amide bonds. The zero-order valence-corrected chi connectivity index (χ0v) is 11.6. The number of hydrogen-bond acceptors (Lipinski definition) is 1. The predicted molar refractivity (Wildman–Crippen MR) is 74.6 cm³/mol. The minimum absolute atomic E-state index is 0.808. The van der Waals surface area contributed by atoms with Crippen LogP contribution in [0.2, 0.25) is 0 Å². The first-order valence-corrected chi connectivity index (χ1v) is 7.07. The van der Waals surface area contributed by atoms with E-state index in [1.807, 2.05) is 0 Å². The largest absolute Gasteiger partial charge is 0.299 e. The van der Waals surface area contributed by atoms with Crippen LogP contribution in [0.5, 0.6) is 0 Å². The Morgan fingerprint density at radius 1 is 1.29 bits per heavy atom. The fraction of sp³-hybridized carbons (Fsp3) is 0.600. The van der Waals surface area contributed by atoms with E-state index in [1.165, 1.54) is 42.6 Å². The summed E-state index contributed by atoms with van der Waals surface area (Å²) in [5.74, 6) is 1.63. The van der Waals surface area contributed by atoms with E-state index in [9.17, 15) is 0 Å². The van der Waals surface area contributed by atoms with Gasteiger partial charge in [-0.2, -0.15) is 0 Å². The fourth-order valence-electron chi connectivity index (χ4n) is 2.61. The third kappa shape index (κ3) is 3.46. The molecule has 0 saturated carbocycles. The number of likely N-dealkylation sites (tertiary alicyclic amines) is 1. The lowest BCUT2D eigenvalue weighted by atomic mass is 10.1. The van der Waals surface area contributed by atoms with Crippen LogP contribution >= 0.6 is 11.6 Å². The van der Waals surface area contributed by atoms with Gasteiger partial charge in [0, 0.05) is 19.0 Å². The van der Waals surface area contributed by atoms with Crippen LogP contribution < -0.4 is 0 Å². The van der Waals surface area contributed by atoms with Crippen molar-refractivity contribution >= 4 is 11.6 Å². The van der Waals surface area contributed by atoms with Crippen molar-refractivity contribution in [3.8, 4) is 0 Å². The second-order valence-electron chi connectivity index (χ2n) is 5.29. The average Bonchev–Trinajstić information content (AvgIpc) is 2.72. The molecule has 0 aliphatic carbocycles. The van der Waals surface area contributed by atoms with Gasteiger partial charge in [-0.1, -0.05) is 18.2 Å². The molecule has 1 fully saturated rings. The lowest BCUT2D eigenvalue weighted by molar-refractivity contribution is 0.315. The minimum atomic E-state index is 0.808. The number of aryl methyl sites for hydroxylation is 2. The second kappa shape index (κ2) is 5.88. The van der Waals surface area contributed by atoms with Crippen molar-refractivity contribution in [1.29, 1.82) is 0 Å². The van der Waals surface area contributed by atoms with Gasteiger partial charge in [-0.15, -0.1) is 11.6 Å². The number of alkyl halides is 1. The van der Waals surface area contributed by atoms with E-state index in [4.69, 9.17) is 11.6 Å². The summed E-state index contributed by atoms with van der Waals surface area (Å²) in [6.07, 6.45) is 2.49. The van der Waals surface area contributed by atoms with Crippen LogP contribution in [-0.2, 0) is 6.54 Å². The molecule has 1 nitrogen and oxygen atoms in total. The summed E-state index contributed by atoms with van der Waals surface area (Å²) in [6.45, 7) is 7.92. The highest BCUT2D eigenvalue weighted by atomic mass is 35.5. The molecule has 1 aliphatic rings. The summed E-state index contributed by atoms with van der Waals surface area (Å²) in [5, 5.41) is 0. The van der Waals surface area contributed by atoms with Crippen molar-refractivity contribution in [2.45, 2.75) is 33.2 Å². The summed E-state index contributed by atoms with van der Waals surface area (Å²) in [5.41, 5.74) is 4.23. The number of rotatable bonds is 4. The molecule has 0 N–H and O–H groups in total. The average molecular weight is 252 g/mol. The van der Waals surface area contributed by atoms with E-state index >= 15 is 0 Å². The highest BCUT2D eigenvalue weighted by molar-refractivity contribution is 6.17. The second-order valence-corrected chi connectivity index (χ2v) is 5.66. The molecule has 0 radical (unpaired) electrons. The van der Waals surface area contributed by atoms with Crippen molar-refractivity contribution < 1.29 is 0 Å². The highest BCUT2D eigenvalue weighted by Crippen LogP contribution is 2.22. The molecular weight excluding hydrogens is 230 g/mol. The zero-order valence-electron chi connectivity index (χ0n) is 10.9. The van der Waals surface area contributed by atoms with Crippen LogP contribution in [0.1, 0.15) is 29.5 Å². The number of hydrogen-bond donors (Lipinski definition) is 0. The first-order chi connectivity index (χ1) is 8.19. The Balaban J connectivity index is 1.91. The Labute approximate surface area is 110 Å². The molecule has 0 bridgehead atoms. The lowest BCUT2D eigenvalue weighted by Crippen LogP contribution is -2.20. The van der Waals surface area contributed by atoms with E-state index in [2.05, 4.69) is 36.9 Å². The van der Waals surface area contributed by atoms with Crippen molar-refractivity contribution in [3.05, 3.63) is 34.9 Å². The Morgan fingerprint density at radius 3 is 2.82 bits per heavy atom. The standard InChI is InChI=1S/C15H22ClN/c1-12-3-4-15(9-13(12)2)11-17-8-6-14(10-17)5-7-16/h3-4,9,14H,5-8,10-11H2,1-2H3. The fourth-order valence-corrected chi connectivity index (χ4v) is 2.92. The Hall–Kier alpha value is -0.530. The third-order valence-electron chi connectivity index (χ3n) is 3.86. The molecule has 2 rings (SSSR count). The van der Waals surface area contributed by atoms with Gasteiger partial charge in [-0.05, 0) is 55.8 Å². The van der Waals surface area contributed by atoms with Gasteiger partial charge in [0.25, 0.3) is 0 Å². The molecule has 2 heteroatoms. The maximum absolute atomic E-state index is 5.81. The monoisotopic (exact) mass is 251 g/mol. The van der Waals surface area contributed by atoms with Gasteiger partial charge >= 0.3 is 0 Å². The van der Waals surface area contributed by atoms with Gasteiger partial charge in [0.2, 0.25) is 0 Å². The molecule has 1 heterocycles. The Kier molecular flexibility index (Phi) is 4.47. The minimum Gasteiger partial charge on any atom is -0.299 e. The Bertz CT molecular complexity index is 375. The van der Waals surface area contributed by atoms with E-state index in [-0.39, 0.29) is 0 Å².